The van der Waals surface area contributed by atoms with Crippen molar-refractivity contribution in [2.45, 2.75) is 19.6 Å². The zero-order valence-corrected chi connectivity index (χ0v) is 17.2. The average molecular weight is 427 g/mol. The summed E-state index contributed by atoms with van der Waals surface area (Å²) in [7, 11) is 3.88. The van der Waals surface area contributed by atoms with Crippen LogP contribution in [0.5, 0.6) is 0 Å². The highest BCUT2D eigenvalue weighted by molar-refractivity contribution is 5.87. The molecule has 3 heterocycles. The van der Waals surface area contributed by atoms with Crippen molar-refractivity contribution in [3.8, 4) is 16.9 Å². The number of aromatic nitrogens is 4. The van der Waals surface area contributed by atoms with Crippen LogP contribution in [-0.2, 0) is 19.8 Å². The number of rotatable bonds is 4. The first kappa shape index (κ1) is 20.8. The average Bonchev–Trinajstić information content (AvgIpc) is 2.98. The van der Waals surface area contributed by atoms with Crippen LogP contribution in [0.2, 0.25) is 0 Å². The molecule has 0 spiro atoms. The van der Waals surface area contributed by atoms with Crippen LogP contribution in [0.25, 0.3) is 27.8 Å². The van der Waals surface area contributed by atoms with Gasteiger partial charge in [-0.05, 0) is 37.7 Å². The SMILES string of the molecule is CNCc1c(C)c2ccc(-n3ccc(-c4cnc(C(F)(F)F)cn4)cc3=O)cc2n1C. The zero-order valence-electron chi connectivity index (χ0n) is 17.2. The van der Waals surface area contributed by atoms with Crippen molar-refractivity contribution in [1.82, 2.24) is 24.4 Å². The molecule has 6 nitrogen and oxygen atoms in total. The lowest BCUT2D eigenvalue weighted by Crippen LogP contribution is -2.17. The highest BCUT2D eigenvalue weighted by Crippen LogP contribution is 2.28. The second kappa shape index (κ2) is 7.66. The number of nitrogens with zero attached hydrogens (tertiary/aromatic N) is 4. The largest absolute Gasteiger partial charge is 0.434 e. The van der Waals surface area contributed by atoms with Gasteiger partial charge in [0.1, 0.15) is 0 Å². The van der Waals surface area contributed by atoms with E-state index in [9.17, 15) is 18.0 Å². The first-order valence-corrected chi connectivity index (χ1v) is 9.56. The van der Waals surface area contributed by atoms with E-state index in [0.717, 1.165) is 23.6 Å². The van der Waals surface area contributed by atoms with Crippen molar-refractivity contribution >= 4 is 10.9 Å². The number of fused-ring (bicyclic) bond motifs is 1. The number of hydrogen-bond acceptors (Lipinski definition) is 4. The topological polar surface area (TPSA) is 64.7 Å². The summed E-state index contributed by atoms with van der Waals surface area (Å²) in [5.74, 6) is 0. The fourth-order valence-electron chi connectivity index (χ4n) is 3.71. The standard InChI is InChI=1S/C22H20F3N5O/c1-13-16-5-4-15(9-18(16)29(3)19(13)11-26-2)30-7-6-14(8-21(30)31)17-10-28-20(12-27-17)22(23,24)25/h4-10,12,26H,11H2,1-3H3. The third-order valence-electron chi connectivity index (χ3n) is 5.36. The molecule has 0 unspecified atom stereocenters. The highest BCUT2D eigenvalue weighted by atomic mass is 19.4. The minimum absolute atomic E-state index is 0.197. The van der Waals surface area contributed by atoms with Gasteiger partial charge in [-0.3, -0.25) is 14.3 Å². The fourth-order valence-corrected chi connectivity index (χ4v) is 3.71. The Labute approximate surface area is 176 Å². The minimum Gasteiger partial charge on any atom is -0.346 e. The van der Waals surface area contributed by atoms with E-state index in [-0.39, 0.29) is 11.3 Å². The van der Waals surface area contributed by atoms with E-state index in [1.807, 2.05) is 32.3 Å². The molecule has 0 radical (unpaired) electrons. The van der Waals surface area contributed by atoms with E-state index >= 15 is 0 Å². The summed E-state index contributed by atoms with van der Waals surface area (Å²) >= 11 is 0. The first-order valence-electron chi connectivity index (χ1n) is 9.56. The molecule has 0 atom stereocenters. The lowest BCUT2D eigenvalue weighted by molar-refractivity contribution is -0.141. The molecule has 0 aliphatic carbocycles. The van der Waals surface area contributed by atoms with Crippen LogP contribution in [-0.4, -0.2) is 26.1 Å². The molecule has 0 fully saturated rings. The lowest BCUT2D eigenvalue weighted by Gasteiger charge is -2.09. The van der Waals surface area contributed by atoms with Crippen LogP contribution in [0, 0.1) is 6.92 Å². The molecule has 1 N–H and O–H groups in total. The Morgan fingerprint density at radius 1 is 1.10 bits per heavy atom. The Morgan fingerprint density at radius 2 is 1.87 bits per heavy atom. The van der Waals surface area contributed by atoms with Crippen molar-refractivity contribution in [2.24, 2.45) is 7.05 Å². The number of alkyl halides is 3. The van der Waals surface area contributed by atoms with Gasteiger partial charge in [-0.15, -0.1) is 0 Å². The third-order valence-corrected chi connectivity index (χ3v) is 5.36. The van der Waals surface area contributed by atoms with Gasteiger partial charge in [0.25, 0.3) is 5.56 Å². The van der Waals surface area contributed by atoms with E-state index in [4.69, 9.17) is 0 Å². The van der Waals surface area contributed by atoms with Crippen molar-refractivity contribution in [3.63, 3.8) is 0 Å². The van der Waals surface area contributed by atoms with Crippen LogP contribution >= 0.6 is 0 Å². The zero-order chi connectivity index (χ0) is 22.3. The Balaban J connectivity index is 1.72. The van der Waals surface area contributed by atoms with Crippen molar-refractivity contribution in [1.29, 1.82) is 0 Å². The molecule has 1 aromatic carbocycles. The van der Waals surface area contributed by atoms with Gasteiger partial charge in [0, 0.05) is 42.5 Å². The number of pyridine rings is 1. The Morgan fingerprint density at radius 3 is 2.48 bits per heavy atom. The highest BCUT2D eigenvalue weighted by Gasteiger charge is 2.32. The number of hydrogen-bond donors (Lipinski definition) is 1. The molecule has 9 heteroatoms. The van der Waals surface area contributed by atoms with Crippen molar-refractivity contribution in [2.75, 3.05) is 7.05 Å². The molecule has 0 amide bonds. The number of aryl methyl sites for hydroxylation is 2. The Bertz CT molecular complexity index is 1320. The molecular weight excluding hydrogens is 407 g/mol. The van der Waals surface area contributed by atoms with Gasteiger partial charge < -0.3 is 9.88 Å². The summed E-state index contributed by atoms with van der Waals surface area (Å²) in [6.45, 7) is 2.80. The van der Waals surface area contributed by atoms with Crippen LogP contribution in [0.3, 0.4) is 0 Å². The third kappa shape index (κ3) is 3.72. The Kier molecular flexibility index (Phi) is 5.14. The molecule has 160 valence electrons. The van der Waals surface area contributed by atoms with Gasteiger partial charge in [0.05, 0.1) is 29.3 Å². The fraction of sp³-hybridized carbons (Fsp3) is 0.227. The monoisotopic (exact) mass is 427 g/mol. The summed E-state index contributed by atoms with van der Waals surface area (Å²) in [5.41, 5.74) is 3.24. The molecule has 31 heavy (non-hydrogen) atoms. The van der Waals surface area contributed by atoms with Gasteiger partial charge in [0.15, 0.2) is 5.69 Å². The maximum absolute atomic E-state index is 12.8. The summed E-state index contributed by atoms with van der Waals surface area (Å²) in [6.07, 6.45) is -1.29. The van der Waals surface area contributed by atoms with E-state index in [1.54, 1.807) is 12.3 Å². The van der Waals surface area contributed by atoms with Gasteiger partial charge in [0.2, 0.25) is 0 Å². The summed E-state index contributed by atoms with van der Waals surface area (Å²) in [4.78, 5) is 20.0. The van der Waals surface area contributed by atoms with Gasteiger partial charge >= 0.3 is 6.18 Å². The lowest BCUT2D eigenvalue weighted by atomic mass is 10.1. The summed E-state index contributed by atoms with van der Waals surface area (Å²) in [6, 6.07) is 8.77. The van der Waals surface area contributed by atoms with Gasteiger partial charge in [-0.2, -0.15) is 13.2 Å². The minimum atomic E-state index is -4.56. The van der Waals surface area contributed by atoms with E-state index < -0.39 is 11.9 Å². The van der Waals surface area contributed by atoms with E-state index in [0.29, 0.717) is 17.4 Å². The molecule has 4 rings (SSSR count). The van der Waals surface area contributed by atoms with Gasteiger partial charge in [-0.25, -0.2) is 4.98 Å². The van der Waals surface area contributed by atoms with Gasteiger partial charge in [-0.1, -0.05) is 6.07 Å². The predicted molar refractivity (Wildman–Crippen MR) is 112 cm³/mol. The maximum atomic E-state index is 12.8. The molecule has 0 aliphatic heterocycles. The second-order valence-corrected chi connectivity index (χ2v) is 7.27. The summed E-state index contributed by atoms with van der Waals surface area (Å²) in [5, 5.41) is 4.28. The first-order chi connectivity index (χ1) is 14.7. The molecule has 0 bridgehead atoms. The predicted octanol–water partition coefficient (Wildman–Crippen LogP) is 3.83. The number of nitrogens with one attached hydrogen (secondary N) is 1. The van der Waals surface area contributed by atoms with Crippen LogP contribution in [0.4, 0.5) is 13.2 Å². The molecule has 3 aromatic heterocycles. The molecular formula is C22H20F3N5O. The molecule has 0 saturated carbocycles. The Hall–Kier alpha value is -3.46. The smallest absolute Gasteiger partial charge is 0.346 e. The van der Waals surface area contributed by atoms with Crippen LogP contribution < -0.4 is 10.9 Å². The number of benzene rings is 1. The quantitative estimate of drug-likeness (QED) is 0.538. The molecule has 0 saturated heterocycles. The van der Waals surface area contributed by atoms with E-state index in [1.165, 1.54) is 21.9 Å². The number of halogens is 3. The second-order valence-electron chi connectivity index (χ2n) is 7.27. The van der Waals surface area contributed by atoms with E-state index in [2.05, 4.69) is 26.8 Å². The molecule has 4 aromatic rings. The maximum Gasteiger partial charge on any atom is 0.434 e. The van der Waals surface area contributed by atoms with Crippen molar-refractivity contribution < 1.29 is 13.2 Å². The summed E-state index contributed by atoms with van der Waals surface area (Å²) < 4.78 is 41.6. The van der Waals surface area contributed by atoms with Crippen molar-refractivity contribution in [3.05, 3.63) is 76.2 Å². The molecule has 0 aliphatic rings. The normalized spacial score (nSPS) is 11.9. The van der Waals surface area contributed by atoms with Crippen LogP contribution in [0.1, 0.15) is 17.0 Å². The van der Waals surface area contributed by atoms with Crippen LogP contribution in [0.15, 0.2) is 53.7 Å².